The highest BCUT2D eigenvalue weighted by Gasteiger charge is 2.32. The van der Waals surface area contributed by atoms with E-state index in [-0.39, 0.29) is 11.8 Å². The smallest absolute Gasteiger partial charge is 0.264 e. The first-order valence-corrected chi connectivity index (χ1v) is 8.76. The van der Waals surface area contributed by atoms with Gasteiger partial charge < -0.3 is 9.64 Å². The van der Waals surface area contributed by atoms with E-state index in [2.05, 4.69) is 32.1 Å². The summed E-state index contributed by atoms with van der Waals surface area (Å²) in [7, 11) is 1.70. The highest BCUT2D eigenvalue weighted by Crippen LogP contribution is 2.30. The van der Waals surface area contributed by atoms with Crippen molar-refractivity contribution in [1.29, 1.82) is 0 Å². The maximum Gasteiger partial charge on any atom is 0.264 e. The molecule has 1 aliphatic heterocycles. The Labute approximate surface area is 140 Å². The molecule has 0 aliphatic carbocycles. The minimum atomic E-state index is 0.113. The number of rotatable bonds is 4. The highest BCUT2D eigenvalue weighted by atomic mass is 32.1. The highest BCUT2D eigenvalue weighted by molar-refractivity contribution is 7.14. The molecule has 3 heterocycles. The zero-order valence-electron chi connectivity index (χ0n) is 14.1. The van der Waals surface area contributed by atoms with Crippen molar-refractivity contribution in [2.45, 2.75) is 39.8 Å². The van der Waals surface area contributed by atoms with E-state index in [0.717, 1.165) is 22.7 Å². The van der Waals surface area contributed by atoms with Crippen molar-refractivity contribution < 1.29 is 9.53 Å². The molecule has 0 saturated carbocycles. The van der Waals surface area contributed by atoms with Gasteiger partial charge in [0.25, 0.3) is 5.91 Å². The van der Waals surface area contributed by atoms with Crippen LogP contribution in [-0.4, -0.2) is 40.8 Å². The van der Waals surface area contributed by atoms with Gasteiger partial charge in [0.05, 0.1) is 17.2 Å². The average molecular weight is 333 g/mol. The summed E-state index contributed by atoms with van der Waals surface area (Å²) < 4.78 is 7.30. The van der Waals surface area contributed by atoms with E-state index in [1.165, 1.54) is 10.4 Å². The first-order chi connectivity index (χ1) is 11.0. The van der Waals surface area contributed by atoms with Crippen molar-refractivity contribution in [1.82, 2.24) is 14.7 Å². The maximum atomic E-state index is 12.9. The Balaban J connectivity index is 1.88. The molecule has 5 nitrogen and oxygen atoms in total. The van der Waals surface area contributed by atoms with E-state index in [1.807, 2.05) is 15.6 Å². The third kappa shape index (κ3) is 3.05. The van der Waals surface area contributed by atoms with Gasteiger partial charge in [0.1, 0.15) is 0 Å². The zero-order valence-corrected chi connectivity index (χ0v) is 14.9. The van der Waals surface area contributed by atoms with E-state index < -0.39 is 0 Å². The predicted molar refractivity (Wildman–Crippen MR) is 91.1 cm³/mol. The fraction of sp³-hybridized carbons (Fsp3) is 0.529. The van der Waals surface area contributed by atoms with Gasteiger partial charge in [0.2, 0.25) is 0 Å². The molecule has 23 heavy (non-hydrogen) atoms. The van der Waals surface area contributed by atoms with Crippen LogP contribution in [0, 0.1) is 13.8 Å². The van der Waals surface area contributed by atoms with E-state index >= 15 is 0 Å². The van der Waals surface area contributed by atoms with Crippen LogP contribution >= 0.6 is 11.3 Å². The average Bonchev–Trinajstić information content (AvgIpc) is 3.10. The molecule has 0 radical (unpaired) electrons. The monoisotopic (exact) mass is 333 g/mol. The summed E-state index contributed by atoms with van der Waals surface area (Å²) in [5, 5.41) is 4.66. The van der Waals surface area contributed by atoms with Crippen LogP contribution in [0.3, 0.4) is 0 Å². The van der Waals surface area contributed by atoms with Crippen molar-refractivity contribution in [3.63, 3.8) is 0 Å². The summed E-state index contributed by atoms with van der Waals surface area (Å²) in [6, 6.07) is 2.00. The molecular weight excluding hydrogens is 310 g/mol. The lowest BCUT2D eigenvalue weighted by molar-refractivity contribution is 0.0683. The normalized spacial score (nSPS) is 17.4. The van der Waals surface area contributed by atoms with Gasteiger partial charge in [-0.2, -0.15) is 5.10 Å². The molecule has 0 spiro atoms. The third-order valence-corrected chi connectivity index (χ3v) is 5.56. The van der Waals surface area contributed by atoms with Gasteiger partial charge in [-0.1, -0.05) is 0 Å². The van der Waals surface area contributed by atoms with Gasteiger partial charge in [0, 0.05) is 49.3 Å². The maximum absolute atomic E-state index is 12.9. The second-order valence-corrected chi connectivity index (χ2v) is 7.34. The molecule has 0 fully saturated rings. The molecule has 0 saturated heterocycles. The molecule has 6 heteroatoms. The van der Waals surface area contributed by atoms with E-state index in [9.17, 15) is 4.79 Å². The van der Waals surface area contributed by atoms with Gasteiger partial charge in [-0.15, -0.1) is 11.3 Å². The third-order valence-electron chi connectivity index (χ3n) is 4.41. The molecule has 0 aromatic carbocycles. The standard InChI is InChI=1S/C17H23N3O2S/c1-5-20-9-13-7-19(8-14(10-22-4)16(13)18-20)17(21)15-6-11(2)12(3)23-15/h6,9,14H,5,7-8,10H2,1-4H3/t14-/m0/s1. The van der Waals surface area contributed by atoms with E-state index in [1.54, 1.807) is 18.4 Å². The lowest BCUT2D eigenvalue weighted by atomic mass is 9.97. The molecule has 2 aromatic rings. The Kier molecular flexibility index (Phi) is 4.55. The van der Waals surface area contributed by atoms with Gasteiger partial charge in [-0.3, -0.25) is 9.48 Å². The minimum absolute atomic E-state index is 0.113. The predicted octanol–water partition coefficient (Wildman–Crippen LogP) is 2.97. The van der Waals surface area contributed by atoms with Gasteiger partial charge in [0.15, 0.2) is 0 Å². The van der Waals surface area contributed by atoms with Crippen molar-refractivity contribution in [2.75, 3.05) is 20.3 Å². The van der Waals surface area contributed by atoms with Crippen LogP contribution in [0.1, 0.15) is 44.2 Å². The minimum Gasteiger partial charge on any atom is -0.384 e. The number of amides is 1. The number of methoxy groups -OCH3 is 1. The van der Waals surface area contributed by atoms with Crippen LogP contribution < -0.4 is 0 Å². The molecule has 0 N–H and O–H groups in total. The van der Waals surface area contributed by atoms with E-state index in [0.29, 0.717) is 19.7 Å². The molecule has 1 atom stereocenters. The Bertz CT molecular complexity index is 700. The summed E-state index contributed by atoms with van der Waals surface area (Å²) in [6.07, 6.45) is 2.06. The SMILES string of the molecule is CCn1cc2c(n1)[C@H](COC)CN(C(=O)c1cc(C)c(C)s1)C2. The number of ether oxygens (including phenoxy) is 1. The van der Waals surface area contributed by atoms with E-state index in [4.69, 9.17) is 4.74 Å². The Morgan fingerprint density at radius 1 is 1.48 bits per heavy atom. The molecule has 1 aliphatic rings. The second kappa shape index (κ2) is 6.45. The number of thiophene rings is 1. The number of aromatic nitrogens is 2. The van der Waals surface area contributed by atoms with Crippen LogP contribution in [0.4, 0.5) is 0 Å². The van der Waals surface area contributed by atoms with Crippen molar-refractivity contribution in [3.05, 3.63) is 38.8 Å². The lowest BCUT2D eigenvalue weighted by Gasteiger charge is -2.31. The molecule has 1 amide bonds. The molecule has 124 valence electrons. The Morgan fingerprint density at radius 2 is 2.26 bits per heavy atom. The summed E-state index contributed by atoms with van der Waals surface area (Å²) in [6.45, 7) is 8.90. The van der Waals surface area contributed by atoms with Crippen molar-refractivity contribution >= 4 is 17.2 Å². The largest absolute Gasteiger partial charge is 0.384 e. The second-order valence-electron chi connectivity index (χ2n) is 6.08. The molecule has 3 rings (SSSR count). The fourth-order valence-electron chi connectivity index (χ4n) is 3.05. The number of hydrogen-bond donors (Lipinski definition) is 0. The van der Waals surface area contributed by atoms with Crippen LogP contribution in [0.25, 0.3) is 0 Å². The number of carbonyl (C=O) groups excluding carboxylic acids is 1. The van der Waals surface area contributed by atoms with Gasteiger partial charge in [-0.25, -0.2) is 0 Å². The number of fused-ring (bicyclic) bond motifs is 1. The number of hydrogen-bond acceptors (Lipinski definition) is 4. The number of aryl methyl sites for hydroxylation is 3. The van der Waals surface area contributed by atoms with Crippen molar-refractivity contribution in [2.24, 2.45) is 0 Å². The van der Waals surface area contributed by atoms with Crippen LogP contribution in [0.5, 0.6) is 0 Å². The summed E-state index contributed by atoms with van der Waals surface area (Å²) in [5.74, 6) is 0.254. The molecule has 0 bridgehead atoms. The van der Waals surface area contributed by atoms with Gasteiger partial charge in [-0.05, 0) is 32.4 Å². The first kappa shape index (κ1) is 16.2. The summed E-state index contributed by atoms with van der Waals surface area (Å²) in [5.41, 5.74) is 3.40. The Hall–Kier alpha value is -1.66. The fourth-order valence-corrected chi connectivity index (χ4v) is 4.05. The molecular formula is C17H23N3O2S. The van der Waals surface area contributed by atoms with Gasteiger partial charge >= 0.3 is 0 Å². The summed E-state index contributed by atoms with van der Waals surface area (Å²) >= 11 is 1.58. The quantitative estimate of drug-likeness (QED) is 0.864. The lowest BCUT2D eigenvalue weighted by Crippen LogP contribution is -2.39. The Morgan fingerprint density at radius 3 is 2.87 bits per heavy atom. The van der Waals surface area contributed by atoms with Crippen LogP contribution in [0.2, 0.25) is 0 Å². The zero-order chi connectivity index (χ0) is 16.6. The van der Waals surface area contributed by atoms with Crippen LogP contribution in [-0.2, 0) is 17.8 Å². The first-order valence-electron chi connectivity index (χ1n) is 7.95. The topological polar surface area (TPSA) is 47.4 Å². The van der Waals surface area contributed by atoms with Crippen molar-refractivity contribution in [3.8, 4) is 0 Å². The molecule has 0 unspecified atom stereocenters. The number of carbonyl (C=O) groups is 1. The number of nitrogens with zero attached hydrogens (tertiary/aromatic N) is 3. The van der Waals surface area contributed by atoms with Crippen LogP contribution in [0.15, 0.2) is 12.3 Å². The molecule has 2 aromatic heterocycles. The summed E-state index contributed by atoms with van der Waals surface area (Å²) in [4.78, 5) is 16.8.